The van der Waals surface area contributed by atoms with Gasteiger partial charge in [0.1, 0.15) is 0 Å². The summed E-state index contributed by atoms with van der Waals surface area (Å²) >= 11 is 0. The van der Waals surface area contributed by atoms with E-state index < -0.39 is 0 Å². The minimum Gasteiger partial charge on any atom is -0.479 e. The molecular weight excluding hydrogens is 645 g/mol. The molecule has 2 nitrogen and oxygen atoms in total. The van der Waals surface area contributed by atoms with Gasteiger partial charge in [-0.3, -0.25) is 5.92 Å². The van der Waals surface area contributed by atoms with Crippen LogP contribution in [0.2, 0.25) is 0 Å². The monoisotopic (exact) mass is 687 g/mol. The van der Waals surface area contributed by atoms with Gasteiger partial charge in [0.05, 0.1) is 0 Å². The maximum atomic E-state index is 6.69. The number of nitrogens with zero attached hydrogens (tertiary/aromatic N) is 2. The molecule has 1 aliphatic rings. The molecule has 0 saturated carbocycles. The Kier molecular flexibility index (Phi) is 12.0. The van der Waals surface area contributed by atoms with Crippen LogP contribution in [0.1, 0.15) is 107 Å². The molecule has 1 heterocycles. The van der Waals surface area contributed by atoms with Crippen LogP contribution in [0.25, 0.3) is 0 Å². The van der Waals surface area contributed by atoms with Gasteiger partial charge in [-0.1, -0.05) is 110 Å². The predicted molar refractivity (Wildman–Crippen MR) is 160 cm³/mol. The topological polar surface area (TPSA) is 6.48 Å². The molecule has 1 radical (unpaired) electrons. The number of benzene rings is 3. The van der Waals surface area contributed by atoms with Crippen molar-refractivity contribution in [3.63, 3.8) is 0 Å². The fourth-order valence-electron chi connectivity index (χ4n) is 4.76. The summed E-state index contributed by atoms with van der Waals surface area (Å²) in [7, 11) is 0. The first kappa shape index (κ1) is 31.5. The molecule has 0 aromatic heterocycles. The van der Waals surface area contributed by atoms with Crippen molar-refractivity contribution in [2.75, 3.05) is 9.80 Å². The van der Waals surface area contributed by atoms with Crippen LogP contribution in [-0.2, 0) is 22.4 Å². The summed E-state index contributed by atoms with van der Waals surface area (Å²) in [6, 6.07) is 22.9. The van der Waals surface area contributed by atoms with Crippen molar-refractivity contribution >= 4 is 11.4 Å². The van der Waals surface area contributed by atoms with Crippen LogP contribution in [-0.4, -0.2) is 0 Å². The Labute approximate surface area is 247 Å². The third-order valence-corrected chi connectivity index (χ3v) is 6.76. The van der Waals surface area contributed by atoms with Crippen molar-refractivity contribution in [3.05, 3.63) is 120 Å². The molecule has 3 aromatic rings. The van der Waals surface area contributed by atoms with E-state index in [1.807, 2.05) is 30.3 Å². The van der Waals surface area contributed by atoms with Gasteiger partial charge >= 0.3 is 0 Å². The number of hydrogen-bond donors (Lipinski definition) is 0. The van der Waals surface area contributed by atoms with Gasteiger partial charge in [0.25, 0.3) is 0 Å². The molecule has 0 aliphatic carbocycles. The summed E-state index contributed by atoms with van der Waals surface area (Å²) < 4.78 is 0. The Morgan fingerprint density at radius 3 is 1.16 bits per heavy atom. The van der Waals surface area contributed by atoms with Crippen LogP contribution < -0.4 is 9.80 Å². The summed E-state index contributed by atoms with van der Waals surface area (Å²) in [6.07, 6.45) is 11.1. The zero-order valence-electron chi connectivity index (χ0n) is 24.1. The van der Waals surface area contributed by atoms with Crippen LogP contribution in [0, 0.1) is 19.0 Å². The molecule has 3 aromatic carbocycles. The van der Waals surface area contributed by atoms with Gasteiger partial charge in [-0.15, -0.1) is 24.4 Å². The van der Waals surface area contributed by atoms with Crippen LogP contribution in [0.5, 0.6) is 0 Å². The van der Waals surface area contributed by atoms with E-state index in [9.17, 15) is 0 Å². The fraction of sp³-hybridized carbons (Fsp3) is 0.343. The Bertz CT molecular complexity index is 1110. The van der Waals surface area contributed by atoms with E-state index in [1.165, 1.54) is 33.6 Å². The van der Waals surface area contributed by atoms with Crippen molar-refractivity contribution in [2.45, 2.75) is 79.1 Å². The Morgan fingerprint density at radius 1 is 0.553 bits per heavy atom. The second-order valence-electron chi connectivity index (χ2n) is 10.9. The standard InChI is InChI=1S/C27H37N2.C8H5.Au/c1-18(2)22-11-9-12-23(19(3)4)26(22)28-15-16-29(17-28)27-24(20(5)6)13-10-14-25(27)21(7)8;1-2-8-6-4-3-5-7-8;/h9-21H,1-8H3;3-7H;/q2*-1;. The normalized spacial score (nSPS) is 12.6. The second-order valence-corrected chi connectivity index (χ2v) is 10.9. The zero-order valence-corrected chi connectivity index (χ0v) is 26.3. The second kappa shape index (κ2) is 14.5. The van der Waals surface area contributed by atoms with Gasteiger partial charge < -0.3 is 16.2 Å². The van der Waals surface area contributed by atoms with Crippen molar-refractivity contribution in [1.82, 2.24) is 0 Å². The maximum Gasteiger partial charge on any atom is 0.0195 e. The molecule has 38 heavy (non-hydrogen) atoms. The van der Waals surface area contributed by atoms with E-state index in [-0.39, 0.29) is 22.4 Å². The van der Waals surface area contributed by atoms with Gasteiger partial charge in [0.2, 0.25) is 0 Å². The van der Waals surface area contributed by atoms with E-state index >= 15 is 0 Å². The SMILES string of the molecule is CC(C)c1cccc(C(C)C)c1N1C=CN(c2c(C(C)C)cccc2C(C)C)[CH-]1.[Au].[C-]#Cc1ccccc1. The van der Waals surface area contributed by atoms with Crippen LogP contribution >= 0.6 is 0 Å². The first-order valence-corrected chi connectivity index (χ1v) is 13.5. The molecule has 0 fully saturated rings. The van der Waals surface area contributed by atoms with E-state index in [0.717, 1.165) is 5.56 Å². The third-order valence-electron chi connectivity index (χ3n) is 6.76. The van der Waals surface area contributed by atoms with Crippen molar-refractivity contribution in [1.29, 1.82) is 0 Å². The molecule has 0 atom stereocenters. The third kappa shape index (κ3) is 7.45. The molecule has 0 spiro atoms. The zero-order chi connectivity index (χ0) is 27.1. The van der Waals surface area contributed by atoms with Gasteiger partial charge in [-0.2, -0.15) is 0 Å². The summed E-state index contributed by atoms with van der Waals surface area (Å²) in [5.74, 6) is 4.20. The maximum absolute atomic E-state index is 6.69. The van der Waals surface area contributed by atoms with Crippen molar-refractivity contribution in [2.24, 2.45) is 0 Å². The molecule has 0 bridgehead atoms. The smallest absolute Gasteiger partial charge is 0.0195 e. The molecular formula is C35H42AuN2-2. The summed E-state index contributed by atoms with van der Waals surface area (Å²) in [5, 5.41) is 0. The molecule has 0 amide bonds. The molecule has 0 unspecified atom stereocenters. The van der Waals surface area contributed by atoms with E-state index in [2.05, 4.69) is 127 Å². The quantitative estimate of drug-likeness (QED) is 0.145. The average Bonchev–Trinajstić information content (AvgIpc) is 3.38. The van der Waals surface area contributed by atoms with Gasteiger partial charge in [-0.25, -0.2) is 0 Å². The van der Waals surface area contributed by atoms with Crippen LogP contribution in [0.3, 0.4) is 0 Å². The van der Waals surface area contributed by atoms with E-state index in [1.54, 1.807) is 0 Å². The molecule has 0 saturated heterocycles. The Hall–Kier alpha value is -2.70. The van der Waals surface area contributed by atoms with Gasteiger partial charge in [-0.05, 0) is 58.3 Å². The summed E-state index contributed by atoms with van der Waals surface area (Å²) in [4.78, 5) is 4.65. The minimum atomic E-state index is 0. The molecule has 0 N–H and O–H groups in total. The molecule has 3 heteroatoms. The van der Waals surface area contributed by atoms with E-state index in [0.29, 0.717) is 23.7 Å². The van der Waals surface area contributed by atoms with Crippen LogP contribution in [0.4, 0.5) is 11.4 Å². The van der Waals surface area contributed by atoms with Crippen LogP contribution in [0.15, 0.2) is 79.1 Å². The number of anilines is 2. The minimum absolute atomic E-state index is 0. The fourth-order valence-corrected chi connectivity index (χ4v) is 4.76. The van der Waals surface area contributed by atoms with Gasteiger partial charge in [0.15, 0.2) is 0 Å². The summed E-state index contributed by atoms with van der Waals surface area (Å²) in [6.45, 7) is 20.5. The molecule has 1 aliphatic heterocycles. The largest absolute Gasteiger partial charge is 0.479 e. The number of hydrogen-bond acceptors (Lipinski definition) is 2. The first-order chi connectivity index (χ1) is 17.6. The Balaban J connectivity index is 0.000000482. The number of para-hydroxylation sites is 2. The van der Waals surface area contributed by atoms with Gasteiger partial charge in [0, 0.05) is 33.8 Å². The first-order valence-electron chi connectivity index (χ1n) is 13.5. The average molecular weight is 688 g/mol. The van der Waals surface area contributed by atoms with E-state index in [4.69, 9.17) is 6.42 Å². The van der Waals surface area contributed by atoms with Crippen molar-refractivity contribution in [3.8, 4) is 5.92 Å². The van der Waals surface area contributed by atoms with Crippen molar-refractivity contribution < 1.29 is 22.4 Å². The predicted octanol–water partition coefficient (Wildman–Crippen LogP) is 9.72. The number of rotatable bonds is 6. The summed E-state index contributed by atoms with van der Waals surface area (Å²) in [5.41, 5.74) is 9.11. The Morgan fingerprint density at radius 2 is 0.895 bits per heavy atom. The molecule has 4 rings (SSSR count). The molecule has 205 valence electrons.